The average molecular weight is 319 g/mol. The molecule has 1 N–H and O–H groups in total. The summed E-state index contributed by atoms with van der Waals surface area (Å²) in [6.45, 7) is 5.27. The number of phenols is 1. The van der Waals surface area contributed by atoms with Gasteiger partial charge in [-0.05, 0) is 43.0 Å². The summed E-state index contributed by atoms with van der Waals surface area (Å²) in [6, 6.07) is 8.50. The van der Waals surface area contributed by atoms with E-state index in [1.165, 1.54) is 5.56 Å². The summed E-state index contributed by atoms with van der Waals surface area (Å²) in [5, 5.41) is 12.5. The van der Waals surface area contributed by atoms with Crippen molar-refractivity contribution in [2.45, 2.75) is 25.8 Å². The third kappa shape index (κ3) is 2.28. The lowest BCUT2D eigenvalue weighted by molar-refractivity contribution is 0.481. The van der Waals surface area contributed by atoms with Crippen LogP contribution in [0.5, 0.6) is 5.75 Å². The van der Waals surface area contributed by atoms with Crippen LogP contribution in [-0.2, 0) is 0 Å². The molecule has 1 atom stereocenters. The molecule has 0 saturated carbocycles. The molecule has 1 unspecified atom stereocenters. The van der Waals surface area contributed by atoms with Gasteiger partial charge in [0.25, 0.3) is 0 Å². The Morgan fingerprint density at radius 2 is 2.00 bits per heavy atom. The highest BCUT2D eigenvalue weighted by molar-refractivity contribution is 6.18. The quantitative estimate of drug-likeness (QED) is 0.861. The lowest BCUT2D eigenvalue weighted by Gasteiger charge is -2.24. The summed E-state index contributed by atoms with van der Waals surface area (Å²) in [4.78, 5) is 4.42. The fraction of sp³-hybridized carbons (Fsp3) is 0.444. The first-order valence-corrected chi connectivity index (χ1v) is 8.27. The molecule has 0 spiro atoms. The maximum Gasteiger partial charge on any atom is 0.125 e. The van der Waals surface area contributed by atoms with Gasteiger partial charge in [-0.2, -0.15) is 0 Å². The molecule has 118 valence electrons. The van der Waals surface area contributed by atoms with E-state index >= 15 is 0 Å². The SMILES string of the molecule is CC(C)N1CC(CCl)c2c1cc(O)c1ccc(N(C)C)cc21. The van der Waals surface area contributed by atoms with Gasteiger partial charge in [0, 0.05) is 61.3 Å². The Balaban J connectivity index is 2.31. The van der Waals surface area contributed by atoms with Crippen molar-refractivity contribution >= 4 is 33.7 Å². The van der Waals surface area contributed by atoms with Gasteiger partial charge < -0.3 is 14.9 Å². The topological polar surface area (TPSA) is 26.7 Å². The van der Waals surface area contributed by atoms with Crippen molar-refractivity contribution in [2.75, 3.05) is 36.3 Å². The molecule has 1 aliphatic heterocycles. The standard InChI is InChI=1S/C18H23ClN2O/c1-11(2)21-10-12(9-19)18-15-7-13(20(3)4)5-6-14(15)17(22)8-16(18)21/h5-8,11-12,22H,9-10H2,1-4H3. The van der Waals surface area contributed by atoms with Crippen LogP contribution in [-0.4, -0.2) is 37.7 Å². The van der Waals surface area contributed by atoms with Gasteiger partial charge >= 0.3 is 0 Å². The van der Waals surface area contributed by atoms with Crippen LogP contribution in [0.2, 0.25) is 0 Å². The number of hydrogen-bond donors (Lipinski definition) is 1. The van der Waals surface area contributed by atoms with Gasteiger partial charge in [-0.1, -0.05) is 0 Å². The molecular formula is C18H23ClN2O. The number of benzene rings is 2. The molecule has 0 saturated heterocycles. The fourth-order valence-electron chi connectivity index (χ4n) is 3.39. The Bertz CT molecular complexity index is 712. The third-order valence-corrected chi connectivity index (χ3v) is 4.95. The first-order valence-electron chi connectivity index (χ1n) is 7.73. The predicted molar refractivity (Wildman–Crippen MR) is 95.9 cm³/mol. The van der Waals surface area contributed by atoms with E-state index in [-0.39, 0.29) is 0 Å². The molecule has 1 heterocycles. The summed E-state index contributed by atoms with van der Waals surface area (Å²) in [6.07, 6.45) is 0. The molecule has 0 radical (unpaired) electrons. The van der Waals surface area contributed by atoms with E-state index in [0.29, 0.717) is 23.6 Å². The lowest BCUT2D eigenvalue weighted by Crippen LogP contribution is -2.29. The molecule has 0 bridgehead atoms. The second-order valence-corrected chi connectivity index (χ2v) is 6.86. The molecule has 3 nitrogen and oxygen atoms in total. The van der Waals surface area contributed by atoms with E-state index in [2.05, 4.69) is 29.7 Å². The van der Waals surface area contributed by atoms with E-state index in [1.807, 2.05) is 32.3 Å². The first-order chi connectivity index (χ1) is 10.4. The molecule has 2 aromatic rings. The molecule has 3 rings (SSSR count). The number of rotatable bonds is 3. The van der Waals surface area contributed by atoms with E-state index in [0.717, 1.165) is 28.7 Å². The monoisotopic (exact) mass is 318 g/mol. The summed E-state index contributed by atoms with van der Waals surface area (Å²) >= 11 is 6.25. The number of halogens is 1. The second-order valence-electron chi connectivity index (χ2n) is 6.55. The molecule has 0 fully saturated rings. The van der Waals surface area contributed by atoms with Crippen molar-refractivity contribution in [2.24, 2.45) is 0 Å². The van der Waals surface area contributed by atoms with Crippen LogP contribution in [0.15, 0.2) is 24.3 Å². The number of aromatic hydroxyl groups is 1. The highest BCUT2D eigenvalue weighted by atomic mass is 35.5. The van der Waals surface area contributed by atoms with E-state index in [1.54, 1.807) is 0 Å². The van der Waals surface area contributed by atoms with Gasteiger partial charge in [0.2, 0.25) is 0 Å². The molecule has 22 heavy (non-hydrogen) atoms. The van der Waals surface area contributed by atoms with Crippen molar-refractivity contribution in [1.82, 2.24) is 0 Å². The van der Waals surface area contributed by atoms with Crippen LogP contribution in [0.4, 0.5) is 11.4 Å². The van der Waals surface area contributed by atoms with Crippen LogP contribution in [0.1, 0.15) is 25.3 Å². The number of alkyl halides is 1. The van der Waals surface area contributed by atoms with Gasteiger partial charge in [-0.25, -0.2) is 0 Å². The maximum absolute atomic E-state index is 10.5. The summed E-state index contributed by atoms with van der Waals surface area (Å²) in [5.41, 5.74) is 3.54. The van der Waals surface area contributed by atoms with E-state index in [4.69, 9.17) is 11.6 Å². The third-order valence-electron chi connectivity index (χ3n) is 4.58. The molecular weight excluding hydrogens is 296 g/mol. The number of phenolic OH excluding ortho intramolecular Hbond substituents is 1. The number of hydrogen-bond acceptors (Lipinski definition) is 3. The van der Waals surface area contributed by atoms with Gasteiger partial charge in [-0.3, -0.25) is 0 Å². The van der Waals surface area contributed by atoms with Crippen molar-refractivity contribution in [1.29, 1.82) is 0 Å². The Kier molecular flexibility index (Phi) is 3.85. The van der Waals surface area contributed by atoms with Crippen LogP contribution >= 0.6 is 11.6 Å². The smallest absolute Gasteiger partial charge is 0.125 e. The highest BCUT2D eigenvalue weighted by Crippen LogP contribution is 2.46. The largest absolute Gasteiger partial charge is 0.507 e. The maximum atomic E-state index is 10.5. The van der Waals surface area contributed by atoms with Crippen molar-refractivity contribution in [3.05, 3.63) is 29.8 Å². The predicted octanol–water partition coefficient (Wildman–Crippen LogP) is 4.16. The van der Waals surface area contributed by atoms with Crippen LogP contribution in [0.3, 0.4) is 0 Å². The average Bonchev–Trinajstić information content (AvgIpc) is 2.85. The van der Waals surface area contributed by atoms with Gasteiger partial charge in [0.05, 0.1) is 0 Å². The lowest BCUT2D eigenvalue weighted by atomic mass is 9.95. The highest BCUT2D eigenvalue weighted by Gasteiger charge is 2.32. The van der Waals surface area contributed by atoms with Gasteiger partial charge in [0.1, 0.15) is 5.75 Å². The minimum atomic E-state index is 0.305. The molecule has 0 amide bonds. The summed E-state index contributed by atoms with van der Waals surface area (Å²) in [5.74, 6) is 1.25. The molecule has 2 aromatic carbocycles. The zero-order valence-electron chi connectivity index (χ0n) is 13.6. The zero-order chi connectivity index (χ0) is 16.0. The zero-order valence-corrected chi connectivity index (χ0v) is 14.4. The van der Waals surface area contributed by atoms with Gasteiger partial charge in [-0.15, -0.1) is 11.6 Å². The number of anilines is 2. The summed E-state index contributed by atoms with van der Waals surface area (Å²) in [7, 11) is 4.06. The number of nitrogens with zero attached hydrogens (tertiary/aromatic N) is 2. The molecule has 1 aliphatic rings. The number of fused-ring (bicyclic) bond motifs is 3. The Morgan fingerprint density at radius 1 is 1.27 bits per heavy atom. The van der Waals surface area contributed by atoms with E-state index < -0.39 is 0 Å². The fourth-order valence-corrected chi connectivity index (χ4v) is 3.64. The molecule has 4 heteroatoms. The minimum Gasteiger partial charge on any atom is -0.507 e. The minimum absolute atomic E-state index is 0.305. The Labute approximate surface area is 137 Å². The van der Waals surface area contributed by atoms with Crippen LogP contribution in [0.25, 0.3) is 10.8 Å². The normalized spacial score (nSPS) is 17.4. The van der Waals surface area contributed by atoms with Crippen molar-refractivity contribution < 1.29 is 5.11 Å². The Morgan fingerprint density at radius 3 is 2.59 bits per heavy atom. The van der Waals surface area contributed by atoms with Crippen LogP contribution < -0.4 is 9.80 Å². The summed E-state index contributed by atoms with van der Waals surface area (Å²) < 4.78 is 0. The molecule has 0 aromatic heterocycles. The first kappa shape index (κ1) is 15.3. The van der Waals surface area contributed by atoms with Crippen LogP contribution in [0, 0.1) is 0 Å². The van der Waals surface area contributed by atoms with Gasteiger partial charge in [0.15, 0.2) is 0 Å². The second kappa shape index (κ2) is 5.54. The van der Waals surface area contributed by atoms with E-state index in [9.17, 15) is 5.11 Å². The molecule has 0 aliphatic carbocycles. The van der Waals surface area contributed by atoms with Crippen molar-refractivity contribution in [3.63, 3.8) is 0 Å². The van der Waals surface area contributed by atoms with Crippen molar-refractivity contribution in [3.8, 4) is 5.75 Å². The Hall–Kier alpha value is -1.61.